The minimum absolute atomic E-state index is 0.108. The molecule has 4 N–H and O–H groups in total. The van der Waals surface area contributed by atoms with Crippen molar-refractivity contribution in [2.75, 3.05) is 5.43 Å². The Bertz CT molecular complexity index is 504. The van der Waals surface area contributed by atoms with E-state index in [1.165, 1.54) is 19.3 Å². The second-order valence-corrected chi connectivity index (χ2v) is 6.54. The van der Waals surface area contributed by atoms with Gasteiger partial charge in [0.15, 0.2) is 0 Å². The lowest BCUT2D eigenvalue weighted by Gasteiger charge is -2.35. The second-order valence-electron chi connectivity index (χ2n) is 6.11. The average molecular weight is 310 g/mol. The summed E-state index contributed by atoms with van der Waals surface area (Å²) >= 11 is 5.99. The highest BCUT2D eigenvalue weighted by Crippen LogP contribution is 2.30. The Balaban J connectivity index is 2.15. The molecule has 0 bridgehead atoms. The van der Waals surface area contributed by atoms with Gasteiger partial charge in [0.05, 0.1) is 11.3 Å². The van der Waals surface area contributed by atoms with Crippen LogP contribution in [0.1, 0.15) is 49.9 Å². The van der Waals surface area contributed by atoms with Gasteiger partial charge in [0, 0.05) is 11.1 Å². The number of anilines is 1. The van der Waals surface area contributed by atoms with Crippen LogP contribution >= 0.6 is 11.6 Å². The molecule has 1 aromatic rings. The van der Waals surface area contributed by atoms with Gasteiger partial charge in [-0.2, -0.15) is 0 Å². The van der Waals surface area contributed by atoms with Crippen molar-refractivity contribution < 1.29 is 4.79 Å². The average Bonchev–Trinajstić information content (AvgIpc) is 2.47. The first-order valence-corrected chi connectivity index (χ1v) is 7.97. The summed E-state index contributed by atoms with van der Waals surface area (Å²) in [6.07, 6.45) is 4.65. The molecule has 116 valence electrons. The monoisotopic (exact) mass is 309 g/mol. The van der Waals surface area contributed by atoms with Gasteiger partial charge < -0.3 is 10.7 Å². The van der Waals surface area contributed by atoms with Crippen LogP contribution in [-0.2, 0) is 0 Å². The zero-order valence-corrected chi connectivity index (χ0v) is 13.4. The molecule has 5 heteroatoms. The van der Waals surface area contributed by atoms with Crippen molar-refractivity contribution in [2.45, 2.75) is 45.6 Å². The Kier molecular flexibility index (Phi) is 5.48. The summed E-state index contributed by atoms with van der Waals surface area (Å²) in [5.74, 6) is 6.48. The maximum absolute atomic E-state index is 12.5. The Labute approximate surface area is 131 Å². The number of nitrogens with one attached hydrogen (secondary N) is 2. The fourth-order valence-electron chi connectivity index (χ4n) is 3.21. The van der Waals surface area contributed by atoms with E-state index >= 15 is 0 Å². The van der Waals surface area contributed by atoms with Crippen molar-refractivity contribution in [3.05, 3.63) is 28.8 Å². The zero-order chi connectivity index (χ0) is 15.4. The maximum atomic E-state index is 12.5. The lowest BCUT2D eigenvalue weighted by atomic mass is 9.78. The largest absolute Gasteiger partial charge is 0.349 e. The minimum Gasteiger partial charge on any atom is -0.349 e. The second kappa shape index (κ2) is 7.14. The molecular weight excluding hydrogens is 286 g/mol. The van der Waals surface area contributed by atoms with Crippen LogP contribution in [-0.4, -0.2) is 11.9 Å². The third-order valence-corrected chi connectivity index (χ3v) is 4.61. The number of nitrogens with two attached hydrogens (primary N) is 1. The first-order chi connectivity index (χ1) is 10.0. The Morgan fingerprint density at radius 3 is 2.71 bits per heavy atom. The van der Waals surface area contributed by atoms with Gasteiger partial charge in [0.25, 0.3) is 5.91 Å². The maximum Gasteiger partial charge on any atom is 0.253 e. The molecule has 1 aromatic carbocycles. The predicted octanol–water partition coefficient (Wildman–Crippen LogP) is 3.57. The van der Waals surface area contributed by atoms with E-state index < -0.39 is 0 Å². The van der Waals surface area contributed by atoms with Gasteiger partial charge in [-0.3, -0.25) is 10.6 Å². The van der Waals surface area contributed by atoms with Crippen molar-refractivity contribution in [1.82, 2.24) is 5.32 Å². The Hall–Kier alpha value is -1.26. The van der Waals surface area contributed by atoms with Gasteiger partial charge in [-0.15, -0.1) is 0 Å². The molecular formula is C16H24ClN3O. The van der Waals surface area contributed by atoms with Gasteiger partial charge in [-0.05, 0) is 42.9 Å². The van der Waals surface area contributed by atoms with Gasteiger partial charge in [0.1, 0.15) is 0 Å². The normalized spacial score (nSPS) is 22.1. The number of halogens is 1. The first-order valence-electron chi connectivity index (χ1n) is 7.60. The number of hydrogen-bond acceptors (Lipinski definition) is 3. The van der Waals surface area contributed by atoms with Crippen molar-refractivity contribution >= 4 is 23.2 Å². The molecule has 0 spiro atoms. The van der Waals surface area contributed by atoms with E-state index in [0.29, 0.717) is 28.1 Å². The smallest absolute Gasteiger partial charge is 0.253 e. The standard InChI is InChI=1S/C16H24ClN3O/c1-10(2)12-5-3-4-6-14(12)19-16(21)13-9-11(17)7-8-15(13)20-18/h7-10,12,14,20H,3-6,18H2,1-2H3,(H,19,21). The number of rotatable bonds is 4. The fourth-order valence-corrected chi connectivity index (χ4v) is 3.39. The van der Waals surface area contributed by atoms with E-state index in [2.05, 4.69) is 24.6 Å². The molecule has 0 aliphatic heterocycles. The van der Waals surface area contributed by atoms with Crippen molar-refractivity contribution in [3.63, 3.8) is 0 Å². The number of nitrogen functional groups attached to an aromatic ring is 1. The number of carbonyl (C=O) groups excluding carboxylic acids is 1. The van der Waals surface area contributed by atoms with Crippen LogP contribution in [0.2, 0.25) is 5.02 Å². The number of amides is 1. The van der Waals surface area contributed by atoms with Crippen molar-refractivity contribution in [3.8, 4) is 0 Å². The summed E-state index contributed by atoms with van der Waals surface area (Å²) in [7, 11) is 0. The van der Waals surface area contributed by atoms with Gasteiger partial charge in [-0.1, -0.05) is 38.3 Å². The fraction of sp³-hybridized carbons (Fsp3) is 0.562. The van der Waals surface area contributed by atoms with Gasteiger partial charge in [0.2, 0.25) is 0 Å². The highest BCUT2D eigenvalue weighted by Gasteiger charge is 2.29. The summed E-state index contributed by atoms with van der Waals surface area (Å²) in [6, 6.07) is 5.32. The Morgan fingerprint density at radius 1 is 1.33 bits per heavy atom. The lowest BCUT2D eigenvalue weighted by molar-refractivity contribution is 0.0890. The molecule has 2 atom stereocenters. The Morgan fingerprint density at radius 2 is 2.05 bits per heavy atom. The van der Waals surface area contributed by atoms with E-state index in [1.807, 2.05) is 0 Å². The molecule has 4 nitrogen and oxygen atoms in total. The molecule has 0 aromatic heterocycles. The molecule has 1 fully saturated rings. The van der Waals surface area contributed by atoms with Gasteiger partial charge >= 0.3 is 0 Å². The zero-order valence-electron chi connectivity index (χ0n) is 12.7. The summed E-state index contributed by atoms with van der Waals surface area (Å²) < 4.78 is 0. The first kappa shape index (κ1) is 16.1. The molecule has 1 saturated carbocycles. The van der Waals surface area contributed by atoms with Crippen LogP contribution in [0.25, 0.3) is 0 Å². The van der Waals surface area contributed by atoms with Crippen LogP contribution in [0.4, 0.5) is 5.69 Å². The molecule has 1 amide bonds. The molecule has 2 rings (SSSR count). The van der Waals surface area contributed by atoms with E-state index in [4.69, 9.17) is 17.4 Å². The molecule has 21 heavy (non-hydrogen) atoms. The van der Waals surface area contributed by atoms with Crippen LogP contribution in [0.3, 0.4) is 0 Å². The summed E-state index contributed by atoms with van der Waals surface area (Å²) in [5.41, 5.74) is 3.65. The quantitative estimate of drug-likeness (QED) is 0.588. The molecule has 1 aliphatic rings. The molecule has 0 saturated heterocycles. The third-order valence-electron chi connectivity index (χ3n) is 4.37. The van der Waals surface area contributed by atoms with Crippen LogP contribution < -0.4 is 16.6 Å². The van der Waals surface area contributed by atoms with Crippen LogP contribution in [0, 0.1) is 11.8 Å². The van der Waals surface area contributed by atoms with E-state index in [1.54, 1.807) is 18.2 Å². The van der Waals surface area contributed by atoms with Crippen molar-refractivity contribution in [1.29, 1.82) is 0 Å². The van der Waals surface area contributed by atoms with Crippen molar-refractivity contribution in [2.24, 2.45) is 17.7 Å². The number of carbonyl (C=O) groups is 1. The third kappa shape index (κ3) is 3.89. The summed E-state index contributed by atoms with van der Waals surface area (Å²) in [5, 5.41) is 3.71. The minimum atomic E-state index is -0.108. The summed E-state index contributed by atoms with van der Waals surface area (Å²) in [6.45, 7) is 4.45. The molecule has 0 heterocycles. The van der Waals surface area contributed by atoms with E-state index in [0.717, 1.165) is 6.42 Å². The van der Waals surface area contributed by atoms with Gasteiger partial charge in [-0.25, -0.2) is 0 Å². The molecule has 1 aliphatic carbocycles. The van der Waals surface area contributed by atoms with E-state index in [9.17, 15) is 4.79 Å². The SMILES string of the molecule is CC(C)C1CCCCC1NC(=O)c1cc(Cl)ccc1NN. The predicted molar refractivity (Wildman–Crippen MR) is 87.3 cm³/mol. The summed E-state index contributed by atoms with van der Waals surface area (Å²) in [4.78, 5) is 12.5. The molecule has 0 radical (unpaired) electrons. The highest BCUT2D eigenvalue weighted by molar-refractivity contribution is 6.31. The number of hydrazine groups is 1. The highest BCUT2D eigenvalue weighted by atomic mass is 35.5. The van der Waals surface area contributed by atoms with Crippen LogP contribution in [0.5, 0.6) is 0 Å². The van der Waals surface area contributed by atoms with Crippen LogP contribution in [0.15, 0.2) is 18.2 Å². The topological polar surface area (TPSA) is 67.2 Å². The number of hydrogen-bond donors (Lipinski definition) is 3. The number of benzene rings is 1. The molecule has 2 unspecified atom stereocenters. The lowest BCUT2D eigenvalue weighted by Crippen LogP contribution is -2.44. The van der Waals surface area contributed by atoms with E-state index in [-0.39, 0.29) is 11.9 Å².